The van der Waals surface area contributed by atoms with Gasteiger partial charge in [-0.05, 0) is 12.1 Å². The Balaban J connectivity index is 2.51. The van der Waals surface area contributed by atoms with Crippen molar-refractivity contribution in [1.29, 1.82) is 0 Å². The van der Waals surface area contributed by atoms with Gasteiger partial charge in [-0.1, -0.05) is 30.3 Å². The van der Waals surface area contributed by atoms with Gasteiger partial charge < -0.3 is 4.74 Å². The normalized spacial score (nSPS) is 9.95. The van der Waals surface area contributed by atoms with E-state index in [0.717, 1.165) is 6.07 Å². The molecule has 0 radical (unpaired) electrons. The van der Waals surface area contributed by atoms with E-state index in [-0.39, 0.29) is 11.1 Å². The average molecular weight is 285 g/mol. The summed E-state index contributed by atoms with van der Waals surface area (Å²) < 4.78 is 4.51. The number of nitrogens with zero attached hydrogens (tertiary/aromatic N) is 1. The number of rotatable bonds is 4. The summed E-state index contributed by atoms with van der Waals surface area (Å²) in [6.07, 6.45) is 0. The quantitative estimate of drug-likeness (QED) is 0.373. The van der Waals surface area contributed by atoms with Crippen LogP contribution in [0.1, 0.15) is 26.3 Å². The van der Waals surface area contributed by atoms with E-state index in [1.807, 2.05) is 0 Å². The van der Waals surface area contributed by atoms with Crippen LogP contribution in [0.15, 0.2) is 48.5 Å². The maximum Gasteiger partial charge on any atom is 0.338 e. The Morgan fingerprint density at radius 3 is 2.29 bits per heavy atom. The molecule has 0 aliphatic carbocycles. The summed E-state index contributed by atoms with van der Waals surface area (Å²) in [7, 11) is 1.18. The molecule has 2 rings (SSSR count). The number of hydrogen-bond donors (Lipinski definition) is 0. The second kappa shape index (κ2) is 5.96. The maximum atomic E-state index is 12.3. The van der Waals surface area contributed by atoms with E-state index in [1.54, 1.807) is 30.3 Å². The van der Waals surface area contributed by atoms with Crippen molar-refractivity contribution >= 4 is 17.4 Å². The van der Waals surface area contributed by atoms with E-state index in [1.165, 1.54) is 19.2 Å². The van der Waals surface area contributed by atoms with Crippen LogP contribution in [0.4, 0.5) is 5.69 Å². The molecule has 6 heteroatoms. The largest absolute Gasteiger partial charge is 0.465 e. The van der Waals surface area contributed by atoms with Crippen molar-refractivity contribution in [3.8, 4) is 0 Å². The Morgan fingerprint density at radius 2 is 1.71 bits per heavy atom. The highest BCUT2D eigenvalue weighted by atomic mass is 16.6. The van der Waals surface area contributed by atoms with Gasteiger partial charge in [0, 0.05) is 11.6 Å². The molecule has 0 bridgehead atoms. The van der Waals surface area contributed by atoms with Crippen LogP contribution in [-0.4, -0.2) is 23.8 Å². The molecule has 0 aromatic heterocycles. The fraction of sp³-hybridized carbons (Fsp3) is 0.0667. The first-order valence-electron chi connectivity index (χ1n) is 6.01. The molecule has 2 aromatic carbocycles. The number of ketones is 1. The van der Waals surface area contributed by atoms with E-state index >= 15 is 0 Å². The van der Waals surface area contributed by atoms with E-state index in [0.29, 0.717) is 5.56 Å². The van der Waals surface area contributed by atoms with Crippen molar-refractivity contribution in [2.75, 3.05) is 7.11 Å². The minimum Gasteiger partial charge on any atom is -0.465 e. The fourth-order valence-corrected chi connectivity index (χ4v) is 1.86. The van der Waals surface area contributed by atoms with Crippen LogP contribution in [0.2, 0.25) is 0 Å². The Hall–Kier alpha value is -3.02. The highest BCUT2D eigenvalue weighted by molar-refractivity contribution is 6.12. The zero-order chi connectivity index (χ0) is 15.4. The van der Waals surface area contributed by atoms with Crippen LogP contribution in [0.25, 0.3) is 0 Å². The first kappa shape index (κ1) is 14.4. The molecule has 0 spiro atoms. The van der Waals surface area contributed by atoms with Gasteiger partial charge in [-0.2, -0.15) is 0 Å². The van der Waals surface area contributed by atoms with Gasteiger partial charge in [0.2, 0.25) is 0 Å². The van der Waals surface area contributed by atoms with E-state index in [4.69, 9.17) is 0 Å². The van der Waals surface area contributed by atoms with Crippen molar-refractivity contribution in [2.45, 2.75) is 0 Å². The van der Waals surface area contributed by atoms with Gasteiger partial charge in [0.25, 0.3) is 5.69 Å². The third kappa shape index (κ3) is 2.94. The molecule has 0 amide bonds. The van der Waals surface area contributed by atoms with Crippen molar-refractivity contribution in [3.63, 3.8) is 0 Å². The lowest BCUT2D eigenvalue weighted by atomic mass is 10.00. The molecule has 21 heavy (non-hydrogen) atoms. The van der Waals surface area contributed by atoms with Crippen LogP contribution >= 0.6 is 0 Å². The number of benzene rings is 2. The molecule has 0 N–H and O–H groups in total. The lowest BCUT2D eigenvalue weighted by Gasteiger charge is -2.04. The molecule has 0 heterocycles. The number of nitro benzene ring substituents is 1. The third-order valence-corrected chi connectivity index (χ3v) is 2.90. The lowest BCUT2D eigenvalue weighted by Crippen LogP contribution is -2.08. The number of esters is 1. The molecule has 0 saturated carbocycles. The molecule has 0 saturated heterocycles. The van der Waals surface area contributed by atoms with Gasteiger partial charge in [0.05, 0.1) is 17.6 Å². The number of nitro groups is 1. The highest BCUT2D eigenvalue weighted by Crippen LogP contribution is 2.23. The zero-order valence-electron chi connectivity index (χ0n) is 11.1. The van der Waals surface area contributed by atoms with Crippen LogP contribution in [0, 0.1) is 10.1 Å². The number of ether oxygens (including phenoxy) is 1. The molecule has 0 unspecified atom stereocenters. The topological polar surface area (TPSA) is 86.5 Å². The molecular weight excluding hydrogens is 274 g/mol. The summed E-state index contributed by atoms with van der Waals surface area (Å²) in [5, 5.41) is 11.1. The zero-order valence-corrected chi connectivity index (χ0v) is 11.1. The van der Waals surface area contributed by atoms with Crippen LogP contribution in [-0.2, 0) is 4.74 Å². The first-order valence-corrected chi connectivity index (χ1v) is 6.01. The second-order valence-corrected chi connectivity index (χ2v) is 4.18. The predicted octanol–water partition coefficient (Wildman–Crippen LogP) is 2.61. The Bertz CT molecular complexity index is 709. The van der Waals surface area contributed by atoms with Gasteiger partial charge in [0.15, 0.2) is 5.78 Å². The molecular formula is C15H11NO5. The number of hydrogen-bond acceptors (Lipinski definition) is 5. The summed E-state index contributed by atoms with van der Waals surface area (Å²) in [5.41, 5.74) is -0.133. The SMILES string of the molecule is COC(=O)c1ccc(C(=O)c2ccccc2)c([N+](=O)[O-])c1. The van der Waals surface area contributed by atoms with Gasteiger partial charge in [0.1, 0.15) is 5.56 Å². The molecule has 2 aromatic rings. The first-order chi connectivity index (χ1) is 10.0. The van der Waals surface area contributed by atoms with Crippen LogP contribution in [0.5, 0.6) is 0 Å². The summed E-state index contributed by atoms with van der Waals surface area (Å²) >= 11 is 0. The van der Waals surface area contributed by atoms with Gasteiger partial charge in [-0.3, -0.25) is 14.9 Å². The van der Waals surface area contributed by atoms with Crippen molar-refractivity contribution in [1.82, 2.24) is 0 Å². The second-order valence-electron chi connectivity index (χ2n) is 4.18. The van der Waals surface area contributed by atoms with Crippen molar-refractivity contribution in [2.24, 2.45) is 0 Å². The third-order valence-electron chi connectivity index (χ3n) is 2.90. The molecule has 6 nitrogen and oxygen atoms in total. The van der Waals surface area contributed by atoms with E-state index in [9.17, 15) is 19.7 Å². The minimum absolute atomic E-state index is 0.0220. The summed E-state index contributed by atoms with van der Waals surface area (Å²) in [4.78, 5) is 34.1. The minimum atomic E-state index is -0.697. The number of carbonyl (C=O) groups is 2. The standard InChI is InChI=1S/C15H11NO5/c1-21-15(18)11-7-8-12(13(9-11)16(19)20)14(17)10-5-3-2-4-6-10/h2-9H,1H3. The van der Waals surface area contributed by atoms with Crippen molar-refractivity contribution < 1.29 is 19.2 Å². The monoisotopic (exact) mass is 285 g/mol. The molecule has 106 valence electrons. The van der Waals surface area contributed by atoms with Crippen LogP contribution in [0.3, 0.4) is 0 Å². The average Bonchev–Trinajstić information content (AvgIpc) is 2.53. The summed E-state index contributed by atoms with van der Waals surface area (Å²) in [5.74, 6) is -1.17. The van der Waals surface area contributed by atoms with Gasteiger partial charge in [-0.25, -0.2) is 4.79 Å². The Morgan fingerprint density at radius 1 is 1.05 bits per heavy atom. The van der Waals surface area contributed by atoms with Crippen LogP contribution < -0.4 is 0 Å². The van der Waals surface area contributed by atoms with E-state index in [2.05, 4.69) is 4.74 Å². The smallest absolute Gasteiger partial charge is 0.338 e. The predicted molar refractivity (Wildman–Crippen MR) is 74.3 cm³/mol. The summed E-state index contributed by atoms with van der Waals surface area (Å²) in [6, 6.07) is 11.9. The van der Waals surface area contributed by atoms with Crippen molar-refractivity contribution in [3.05, 3.63) is 75.3 Å². The Kier molecular flexibility index (Phi) is 4.08. The molecule has 0 aliphatic rings. The summed E-state index contributed by atoms with van der Waals surface area (Å²) in [6.45, 7) is 0. The van der Waals surface area contributed by atoms with Gasteiger partial charge in [-0.15, -0.1) is 0 Å². The molecule has 0 aliphatic heterocycles. The molecule has 0 atom stereocenters. The fourth-order valence-electron chi connectivity index (χ4n) is 1.86. The number of carbonyl (C=O) groups excluding carboxylic acids is 2. The highest BCUT2D eigenvalue weighted by Gasteiger charge is 2.23. The van der Waals surface area contributed by atoms with E-state index < -0.39 is 22.4 Å². The Labute approximate surface area is 120 Å². The molecule has 0 fully saturated rings. The lowest BCUT2D eigenvalue weighted by molar-refractivity contribution is -0.385. The maximum absolute atomic E-state index is 12.3. The van der Waals surface area contributed by atoms with Gasteiger partial charge >= 0.3 is 5.97 Å². The number of methoxy groups -OCH3 is 1.